The van der Waals surface area contributed by atoms with Gasteiger partial charge in [0.2, 0.25) is 0 Å². The summed E-state index contributed by atoms with van der Waals surface area (Å²) in [5.41, 5.74) is 6.84. The molecule has 3 N–H and O–H groups in total. The van der Waals surface area contributed by atoms with E-state index in [9.17, 15) is 0 Å². The van der Waals surface area contributed by atoms with E-state index in [0.717, 1.165) is 24.4 Å². The van der Waals surface area contributed by atoms with Crippen molar-refractivity contribution in [1.29, 1.82) is 0 Å². The van der Waals surface area contributed by atoms with Crippen LogP contribution in [-0.4, -0.2) is 33.3 Å². The van der Waals surface area contributed by atoms with Gasteiger partial charge in [0.1, 0.15) is 18.8 Å². The number of nitrogens with two attached hydrogens (primary N) is 1. The number of aromatic nitrogens is 4. The lowest BCUT2D eigenvalue weighted by molar-refractivity contribution is 0.151. The zero-order valence-electron chi connectivity index (χ0n) is 12.6. The smallest absolute Gasteiger partial charge is 0.252 e. The molecule has 8 nitrogen and oxygen atoms in total. The van der Waals surface area contributed by atoms with Gasteiger partial charge in [-0.2, -0.15) is 4.98 Å². The van der Waals surface area contributed by atoms with Gasteiger partial charge < -0.3 is 20.3 Å². The fourth-order valence-corrected chi connectivity index (χ4v) is 2.31. The Morgan fingerprint density at radius 3 is 2.83 bits per heavy atom. The first-order valence-corrected chi connectivity index (χ1v) is 6.86. The fraction of sp³-hybridized carbons (Fsp3) is 0.538. The molecule has 0 unspecified atom stereocenters. The lowest BCUT2D eigenvalue weighted by atomic mass is 9.79. The largest absolute Gasteiger partial charge is 0.375 e. The van der Waals surface area contributed by atoms with Crippen LogP contribution in [0.1, 0.15) is 36.2 Å². The maximum atomic E-state index is 5.81. The summed E-state index contributed by atoms with van der Waals surface area (Å²) in [5.74, 6) is 2.22. The van der Waals surface area contributed by atoms with E-state index >= 15 is 0 Å². The summed E-state index contributed by atoms with van der Waals surface area (Å²) in [6.45, 7) is 0.750. The van der Waals surface area contributed by atoms with Crippen LogP contribution in [0.4, 0.5) is 5.82 Å². The van der Waals surface area contributed by atoms with Crippen LogP contribution >= 0.6 is 24.8 Å². The quantitative estimate of drug-likeness (QED) is 0.797. The maximum Gasteiger partial charge on any atom is 0.252 e. The first-order chi connectivity index (χ1) is 10.2. The molecule has 3 rings (SSSR count). The van der Waals surface area contributed by atoms with E-state index < -0.39 is 0 Å². The minimum Gasteiger partial charge on any atom is -0.375 e. The van der Waals surface area contributed by atoms with Gasteiger partial charge in [0, 0.05) is 30.8 Å². The predicted molar refractivity (Wildman–Crippen MR) is 88.8 cm³/mol. The Hall–Kier alpha value is -1.48. The number of methoxy groups -OCH3 is 1. The van der Waals surface area contributed by atoms with Crippen molar-refractivity contribution in [2.24, 2.45) is 5.73 Å². The molecule has 1 aliphatic rings. The summed E-state index contributed by atoms with van der Waals surface area (Å²) in [7, 11) is 1.58. The van der Waals surface area contributed by atoms with E-state index in [1.165, 1.54) is 0 Å². The van der Waals surface area contributed by atoms with Crippen molar-refractivity contribution in [2.45, 2.75) is 38.0 Å². The van der Waals surface area contributed by atoms with Gasteiger partial charge in [0.25, 0.3) is 5.89 Å². The third kappa shape index (κ3) is 5.00. The monoisotopic (exact) mass is 362 g/mol. The van der Waals surface area contributed by atoms with Crippen LogP contribution in [0.2, 0.25) is 0 Å². The summed E-state index contributed by atoms with van der Waals surface area (Å²) < 4.78 is 9.95. The standard InChI is InChI=1S/C13H18N6O2.2ClH/c1-20-6-13-18-12(19-21-13)5-15-11-4-10(16-7-17-11)8-2-9(14)3-8;;/h4,7-9H,2-3,5-6,14H2,1H3,(H,15,16,17);2*1H. The second-order valence-electron chi connectivity index (χ2n) is 5.15. The van der Waals surface area contributed by atoms with Crippen LogP contribution < -0.4 is 11.1 Å². The van der Waals surface area contributed by atoms with Crippen molar-refractivity contribution in [2.75, 3.05) is 12.4 Å². The van der Waals surface area contributed by atoms with Crippen LogP contribution in [0.5, 0.6) is 0 Å². The zero-order chi connectivity index (χ0) is 14.7. The first kappa shape index (κ1) is 19.6. The van der Waals surface area contributed by atoms with E-state index in [-0.39, 0.29) is 24.8 Å². The number of hydrogen-bond donors (Lipinski definition) is 2. The van der Waals surface area contributed by atoms with Crippen molar-refractivity contribution in [3.05, 3.63) is 29.8 Å². The number of anilines is 1. The van der Waals surface area contributed by atoms with Crippen LogP contribution in [0.3, 0.4) is 0 Å². The molecule has 1 saturated carbocycles. The predicted octanol–water partition coefficient (Wildman–Crippen LogP) is 1.67. The Balaban J connectivity index is 0.00000132. The van der Waals surface area contributed by atoms with Crippen molar-refractivity contribution < 1.29 is 9.26 Å². The number of nitrogens with zero attached hydrogens (tertiary/aromatic N) is 4. The molecule has 0 spiro atoms. The van der Waals surface area contributed by atoms with Gasteiger partial charge >= 0.3 is 0 Å². The van der Waals surface area contributed by atoms with Gasteiger partial charge in [-0.25, -0.2) is 9.97 Å². The second-order valence-corrected chi connectivity index (χ2v) is 5.15. The molecule has 0 aliphatic heterocycles. The van der Waals surface area contributed by atoms with Gasteiger partial charge in [0.15, 0.2) is 5.82 Å². The molecule has 0 atom stereocenters. The van der Waals surface area contributed by atoms with Crippen molar-refractivity contribution in [3.8, 4) is 0 Å². The first-order valence-electron chi connectivity index (χ1n) is 6.86. The summed E-state index contributed by atoms with van der Waals surface area (Å²) in [6, 6.07) is 2.26. The molecular formula is C13H20Cl2N6O2. The summed E-state index contributed by atoms with van der Waals surface area (Å²) in [6.07, 6.45) is 3.54. The van der Waals surface area contributed by atoms with Crippen LogP contribution in [0.25, 0.3) is 0 Å². The highest BCUT2D eigenvalue weighted by Gasteiger charge is 2.28. The summed E-state index contributed by atoms with van der Waals surface area (Å²) in [4.78, 5) is 12.7. The van der Waals surface area contributed by atoms with E-state index in [0.29, 0.717) is 36.8 Å². The van der Waals surface area contributed by atoms with Crippen molar-refractivity contribution in [3.63, 3.8) is 0 Å². The minimum atomic E-state index is 0. The maximum absolute atomic E-state index is 5.81. The molecule has 0 radical (unpaired) electrons. The lowest BCUT2D eigenvalue weighted by Gasteiger charge is -2.31. The van der Waals surface area contributed by atoms with E-state index in [4.69, 9.17) is 15.0 Å². The molecule has 0 aromatic carbocycles. The molecule has 0 amide bonds. The van der Waals surface area contributed by atoms with Gasteiger partial charge in [-0.3, -0.25) is 0 Å². The Kier molecular flexibility index (Phi) is 7.63. The Bertz CT molecular complexity index is 606. The number of halogens is 2. The topological polar surface area (TPSA) is 112 Å². The van der Waals surface area contributed by atoms with E-state index in [1.807, 2.05) is 6.07 Å². The summed E-state index contributed by atoms with van der Waals surface area (Å²) in [5, 5.41) is 7.02. The average molecular weight is 363 g/mol. The van der Waals surface area contributed by atoms with Gasteiger partial charge in [0.05, 0.1) is 6.54 Å². The van der Waals surface area contributed by atoms with Crippen molar-refractivity contribution >= 4 is 30.6 Å². The number of rotatable bonds is 6. The van der Waals surface area contributed by atoms with Crippen LogP contribution in [-0.2, 0) is 17.9 Å². The molecule has 2 heterocycles. The molecular weight excluding hydrogens is 343 g/mol. The van der Waals surface area contributed by atoms with E-state index in [1.54, 1.807) is 13.4 Å². The second kappa shape index (κ2) is 8.97. The number of nitrogens with one attached hydrogen (secondary N) is 1. The Labute approximate surface area is 146 Å². The van der Waals surface area contributed by atoms with Crippen molar-refractivity contribution in [1.82, 2.24) is 20.1 Å². The fourth-order valence-electron chi connectivity index (χ4n) is 2.31. The molecule has 23 heavy (non-hydrogen) atoms. The highest BCUT2D eigenvalue weighted by atomic mass is 35.5. The third-order valence-electron chi connectivity index (χ3n) is 3.49. The highest BCUT2D eigenvalue weighted by Crippen LogP contribution is 2.34. The van der Waals surface area contributed by atoms with Gasteiger partial charge in [-0.05, 0) is 12.8 Å². The molecule has 0 saturated heterocycles. The van der Waals surface area contributed by atoms with E-state index in [2.05, 4.69) is 25.4 Å². The van der Waals surface area contributed by atoms with Gasteiger partial charge in [-0.1, -0.05) is 5.16 Å². The SMILES string of the molecule is COCc1nc(CNc2cc(C3CC(N)C3)ncn2)no1.Cl.Cl. The average Bonchev–Trinajstić information content (AvgIpc) is 2.90. The van der Waals surface area contributed by atoms with Crippen LogP contribution in [0.15, 0.2) is 16.9 Å². The normalized spacial score (nSPS) is 19.2. The number of hydrogen-bond acceptors (Lipinski definition) is 8. The highest BCUT2D eigenvalue weighted by molar-refractivity contribution is 5.85. The molecule has 2 aromatic rings. The minimum absolute atomic E-state index is 0. The van der Waals surface area contributed by atoms with Crippen LogP contribution in [0, 0.1) is 0 Å². The molecule has 10 heteroatoms. The third-order valence-corrected chi connectivity index (χ3v) is 3.49. The Morgan fingerprint density at radius 2 is 2.13 bits per heavy atom. The zero-order valence-corrected chi connectivity index (χ0v) is 14.3. The lowest BCUT2D eigenvalue weighted by Crippen LogP contribution is -2.35. The number of ether oxygens (including phenoxy) is 1. The molecule has 2 aromatic heterocycles. The Morgan fingerprint density at radius 1 is 1.35 bits per heavy atom. The molecule has 1 aliphatic carbocycles. The molecule has 1 fully saturated rings. The molecule has 0 bridgehead atoms. The molecule has 128 valence electrons. The summed E-state index contributed by atoms with van der Waals surface area (Å²) >= 11 is 0. The van der Waals surface area contributed by atoms with Gasteiger partial charge in [-0.15, -0.1) is 24.8 Å².